The molecule has 0 saturated carbocycles. The smallest absolute Gasteiger partial charge is 0.414 e. The van der Waals surface area contributed by atoms with Gasteiger partial charge in [0.1, 0.15) is 41.2 Å². The summed E-state index contributed by atoms with van der Waals surface area (Å²) in [4.78, 5) is 64.9. The number of methoxy groups -OCH3 is 2. The third-order valence-corrected chi connectivity index (χ3v) is 8.16. The van der Waals surface area contributed by atoms with E-state index in [4.69, 9.17) is 30.4 Å². The van der Waals surface area contributed by atoms with Crippen molar-refractivity contribution in [2.75, 3.05) is 71.4 Å². The maximum Gasteiger partial charge on any atom is 0.414 e. The first kappa shape index (κ1) is 45.7. The molecular weight excluding hydrogens is 749 g/mol. The maximum atomic E-state index is 12.9. The van der Waals surface area contributed by atoms with Crippen molar-refractivity contribution in [1.82, 2.24) is 19.8 Å². The number of allylic oxidation sites excluding steroid dienone is 2. The molecule has 0 spiro atoms. The summed E-state index contributed by atoms with van der Waals surface area (Å²) in [5, 5.41) is 6.26. The zero-order valence-corrected chi connectivity index (χ0v) is 34.1. The molecule has 18 heteroatoms. The van der Waals surface area contributed by atoms with Crippen LogP contribution in [0.1, 0.15) is 47.9 Å². The summed E-state index contributed by atoms with van der Waals surface area (Å²) in [7, 11) is 6.35. The molecule has 0 saturated heterocycles. The number of esters is 1. The quantitative estimate of drug-likeness (QED) is 0.0368. The van der Waals surface area contributed by atoms with Gasteiger partial charge < -0.3 is 50.5 Å². The highest BCUT2D eigenvalue weighted by Crippen LogP contribution is 2.39. The molecular formula is C40H54N10O8. The van der Waals surface area contributed by atoms with E-state index in [2.05, 4.69) is 32.3 Å². The molecule has 2 amide bonds. The van der Waals surface area contributed by atoms with Gasteiger partial charge in [0.05, 0.1) is 50.8 Å². The molecule has 0 unspecified atom stereocenters. The number of nitrogens with one attached hydrogen (secondary N) is 2. The van der Waals surface area contributed by atoms with Crippen LogP contribution in [0.5, 0.6) is 11.5 Å². The lowest BCUT2D eigenvalue weighted by atomic mass is 10.1. The van der Waals surface area contributed by atoms with Crippen LogP contribution in [0.4, 0.5) is 22.1 Å². The molecule has 6 N–H and O–H groups in total. The van der Waals surface area contributed by atoms with Crippen molar-refractivity contribution in [3.8, 4) is 11.5 Å². The normalized spacial score (nSPS) is 11.9. The number of carbonyl (C=O) groups is 4. The molecule has 0 aliphatic heterocycles. The van der Waals surface area contributed by atoms with Gasteiger partial charge in [0.2, 0.25) is 11.9 Å². The van der Waals surface area contributed by atoms with E-state index >= 15 is 0 Å². The van der Waals surface area contributed by atoms with Gasteiger partial charge >= 0.3 is 12.1 Å². The van der Waals surface area contributed by atoms with Gasteiger partial charge in [0.25, 0.3) is 0 Å². The fourth-order valence-corrected chi connectivity index (χ4v) is 5.57. The first-order valence-corrected chi connectivity index (χ1v) is 18.2. The molecule has 2 aromatic carbocycles. The first-order chi connectivity index (χ1) is 27.7. The van der Waals surface area contributed by atoms with Gasteiger partial charge in [-0.3, -0.25) is 29.3 Å². The number of imidazole rings is 1. The van der Waals surface area contributed by atoms with Crippen LogP contribution in [0.15, 0.2) is 70.5 Å². The van der Waals surface area contributed by atoms with E-state index in [1.807, 2.05) is 28.7 Å². The number of anilines is 2. The van der Waals surface area contributed by atoms with Crippen LogP contribution in [0, 0.1) is 0 Å². The molecule has 0 aliphatic rings. The first-order valence-electron chi connectivity index (χ1n) is 18.2. The van der Waals surface area contributed by atoms with E-state index in [0.29, 0.717) is 65.2 Å². The van der Waals surface area contributed by atoms with Crippen molar-refractivity contribution in [1.29, 1.82) is 0 Å². The number of hydrogen-bond acceptors (Lipinski definition) is 15. The Labute approximate surface area is 338 Å². The van der Waals surface area contributed by atoms with Crippen molar-refractivity contribution < 1.29 is 38.1 Å². The number of nitrogens with two attached hydrogens (primary N) is 2. The van der Waals surface area contributed by atoms with Gasteiger partial charge in [-0.15, -0.1) is 0 Å². The predicted octanol–water partition coefficient (Wildman–Crippen LogP) is 4.18. The van der Waals surface area contributed by atoms with E-state index < -0.39 is 23.6 Å². The highest BCUT2D eigenvalue weighted by Gasteiger charge is 2.25. The minimum absolute atomic E-state index is 0.0309. The molecule has 1 aromatic heterocycles. The number of ether oxygens (including phenoxy) is 4. The molecule has 3 rings (SSSR count). The average Bonchev–Trinajstić information content (AvgIpc) is 3.56. The Bertz CT molecular complexity index is 2050. The standard InChI is InChI=1S/C40H54N10O8/c1-40(2,3)58-39(54)49(17-13-34(52)56-8)29(23-41)24-46-14-9-12-18-57-33-22-28(37(42)53)21-31-36(33)50(38(45-6)47-31)16-11-10-15-48(26-43-4)35-30(44-5)19-27(25-51)20-32(35)55-7/h9-12,19-25,43H,5,13-18,26,41H2,1-4,6-8H3,(H2,42,53)(H,45,47)/b11-10+,12-9+,29-23+,46-24?. The number of rotatable bonds is 22. The molecule has 58 heavy (non-hydrogen) atoms. The van der Waals surface area contributed by atoms with Gasteiger partial charge in [-0.2, -0.15) is 0 Å². The van der Waals surface area contributed by atoms with Gasteiger partial charge in [-0.1, -0.05) is 18.2 Å². The fourth-order valence-electron chi connectivity index (χ4n) is 5.57. The number of primary amides is 1. The molecule has 0 bridgehead atoms. The summed E-state index contributed by atoms with van der Waals surface area (Å²) in [6.07, 6.45) is 10.00. The van der Waals surface area contributed by atoms with E-state index in [0.717, 1.165) is 6.29 Å². The molecule has 312 valence electrons. The van der Waals surface area contributed by atoms with Crippen LogP contribution in [0.2, 0.25) is 0 Å². The van der Waals surface area contributed by atoms with Crippen molar-refractivity contribution in [3.05, 3.63) is 71.6 Å². The Hall–Kier alpha value is -6.69. The number of aliphatic imine (C=N–C) groups is 2. The minimum Gasteiger partial charge on any atom is -0.494 e. The van der Waals surface area contributed by atoms with Crippen molar-refractivity contribution in [2.24, 2.45) is 21.5 Å². The number of aromatic nitrogens is 2. The lowest BCUT2D eigenvalue weighted by Gasteiger charge is -2.27. The van der Waals surface area contributed by atoms with Crippen molar-refractivity contribution in [3.63, 3.8) is 0 Å². The summed E-state index contributed by atoms with van der Waals surface area (Å²) in [5.41, 5.74) is 13.9. The number of benzene rings is 2. The molecule has 0 radical (unpaired) electrons. The second-order valence-electron chi connectivity index (χ2n) is 13.4. The number of fused-ring (bicyclic) bond motifs is 1. The van der Waals surface area contributed by atoms with Crippen molar-refractivity contribution in [2.45, 2.75) is 39.3 Å². The highest BCUT2D eigenvalue weighted by molar-refractivity contribution is 5.99. The lowest BCUT2D eigenvalue weighted by Crippen LogP contribution is -2.38. The summed E-state index contributed by atoms with van der Waals surface area (Å²) >= 11 is 0. The molecule has 0 aliphatic carbocycles. The second-order valence-corrected chi connectivity index (χ2v) is 13.4. The summed E-state index contributed by atoms with van der Waals surface area (Å²) in [6, 6.07) is 6.49. The lowest BCUT2D eigenvalue weighted by molar-refractivity contribution is -0.140. The predicted molar refractivity (Wildman–Crippen MR) is 226 cm³/mol. The number of nitrogens with zero attached hydrogens (tertiary/aromatic N) is 6. The van der Waals surface area contributed by atoms with Crippen LogP contribution in [-0.2, 0) is 20.8 Å². The van der Waals surface area contributed by atoms with Crippen molar-refractivity contribution >= 4 is 65.5 Å². The molecule has 18 nitrogen and oxygen atoms in total. The molecule has 3 aromatic rings. The van der Waals surface area contributed by atoms with E-state index in [1.54, 1.807) is 64.2 Å². The summed E-state index contributed by atoms with van der Waals surface area (Å²) in [5.74, 6) is 0.257. The maximum absolute atomic E-state index is 12.9. The van der Waals surface area contributed by atoms with Crippen LogP contribution < -0.4 is 36.5 Å². The Morgan fingerprint density at radius 3 is 2.41 bits per heavy atom. The molecule has 1 heterocycles. The zero-order valence-electron chi connectivity index (χ0n) is 34.1. The van der Waals surface area contributed by atoms with Gasteiger partial charge in [-0.05, 0) is 64.9 Å². The van der Waals surface area contributed by atoms with Gasteiger partial charge in [-0.25, -0.2) is 9.78 Å². The Kier molecular flexibility index (Phi) is 17.5. The van der Waals surface area contributed by atoms with E-state index in [9.17, 15) is 19.2 Å². The third-order valence-electron chi connectivity index (χ3n) is 8.16. The third kappa shape index (κ3) is 12.7. The Morgan fingerprint density at radius 1 is 1.05 bits per heavy atom. The topological polar surface area (TPSA) is 230 Å². The fraction of sp³-hybridized carbons (Fsp3) is 0.375. The Morgan fingerprint density at radius 2 is 1.81 bits per heavy atom. The number of amides is 2. The van der Waals surface area contributed by atoms with E-state index in [-0.39, 0.29) is 37.4 Å². The molecule has 0 atom stereocenters. The highest BCUT2D eigenvalue weighted by atomic mass is 16.6. The van der Waals surface area contributed by atoms with Crippen LogP contribution in [0.25, 0.3) is 11.0 Å². The second kappa shape index (κ2) is 22.2. The van der Waals surface area contributed by atoms with Crippen LogP contribution >= 0.6 is 0 Å². The number of hydrogen-bond donors (Lipinski definition) is 4. The van der Waals surface area contributed by atoms with Crippen LogP contribution in [0.3, 0.4) is 0 Å². The van der Waals surface area contributed by atoms with Gasteiger partial charge in [0.15, 0.2) is 0 Å². The number of carbonyl (C=O) groups excluding carboxylic acids is 4. The zero-order chi connectivity index (χ0) is 42.8. The number of aldehydes is 1. The summed E-state index contributed by atoms with van der Waals surface area (Å²) < 4.78 is 23.9. The largest absolute Gasteiger partial charge is 0.494 e. The SMILES string of the molecule is C=Nc1cc(C=O)cc(OC)c1N(C/C=C/Cn1c(NC)nc2cc(C(N)=O)cc(OC/C=C/CN=C/C(=C\N)N(CCC(=O)OC)C(=O)OC(C)(C)C)c21)CNC. The Balaban J connectivity index is 1.81. The molecule has 0 fully saturated rings. The van der Waals surface area contributed by atoms with Crippen LogP contribution in [-0.4, -0.2) is 118 Å². The van der Waals surface area contributed by atoms with Gasteiger partial charge in [0, 0.05) is 50.2 Å². The monoisotopic (exact) mass is 802 g/mol. The minimum atomic E-state index is -0.781. The van der Waals surface area contributed by atoms with E-state index in [1.165, 1.54) is 31.5 Å². The average molecular weight is 803 g/mol. The summed E-state index contributed by atoms with van der Waals surface area (Å²) in [6.45, 7) is 10.4.